The molecule has 0 aliphatic heterocycles. The molecule has 1 unspecified atom stereocenters. The van der Waals surface area contributed by atoms with Crippen molar-refractivity contribution in [3.8, 4) is 6.07 Å². The molecule has 0 bridgehead atoms. The van der Waals surface area contributed by atoms with Crippen LogP contribution in [-0.4, -0.2) is 11.0 Å². The number of para-hydroxylation sites is 1. The molecule has 3 rings (SSSR count). The highest BCUT2D eigenvalue weighted by Gasteiger charge is 2.46. The Hall–Kier alpha value is -2.08. The van der Waals surface area contributed by atoms with Crippen LogP contribution in [0.15, 0.2) is 30.5 Å². The molecule has 1 aromatic heterocycles. The average Bonchev–Trinajstić information content (AvgIpc) is 2.97. The number of rotatable bonds is 2. The van der Waals surface area contributed by atoms with Gasteiger partial charge >= 0.3 is 0 Å². The van der Waals surface area contributed by atoms with E-state index in [9.17, 15) is 5.26 Å². The summed E-state index contributed by atoms with van der Waals surface area (Å²) in [5, 5.41) is 13.7. The van der Waals surface area contributed by atoms with Crippen LogP contribution in [-0.2, 0) is 0 Å². The van der Waals surface area contributed by atoms with Crippen LogP contribution in [0.3, 0.4) is 0 Å². The maximum Gasteiger partial charge on any atom is 0.103 e. The minimum Gasteiger partial charge on any atom is -0.380 e. The molecule has 2 aromatic rings. The molecule has 3 heteroatoms. The van der Waals surface area contributed by atoms with Gasteiger partial charge < -0.3 is 5.32 Å². The molecular formula is C15H15N3. The third kappa shape index (κ3) is 1.70. The molecule has 1 aliphatic carbocycles. The third-order valence-electron chi connectivity index (χ3n) is 3.73. The molecule has 1 heterocycles. The standard InChI is InChI=1S/C15H15N3/c1-15(2)7-13(15)18-14-10(8-16)9-17-12-6-4-3-5-11(12)14/h3-6,9,13H,7H2,1-2H3,(H,17,18). The lowest BCUT2D eigenvalue weighted by Crippen LogP contribution is -2.10. The second-order valence-corrected chi connectivity index (χ2v) is 5.57. The zero-order valence-corrected chi connectivity index (χ0v) is 10.6. The molecule has 0 saturated heterocycles. The van der Waals surface area contributed by atoms with E-state index in [2.05, 4.69) is 30.2 Å². The van der Waals surface area contributed by atoms with Crippen LogP contribution in [0.1, 0.15) is 25.8 Å². The van der Waals surface area contributed by atoms with Crippen molar-refractivity contribution in [2.75, 3.05) is 5.32 Å². The monoisotopic (exact) mass is 237 g/mol. The van der Waals surface area contributed by atoms with Crippen LogP contribution in [0.4, 0.5) is 5.69 Å². The molecule has 1 aromatic carbocycles. The van der Waals surface area contributed by atoms with E-state index >= 15 is 0 Å². The van der Waals surface area contributed by atoms with E-state index in [0.29, 0.717) is 17.0 Å². The number of anilines is 1. The Kier molecular flexibility index (Phi) is 2.27. The zero-order chi connectivity index (χ0) is 12.8. The Bertz CT molecular complexity index is 652. The van der Waals surface area contributed by atoms with Gasteiger partial charge in [-0.2, -0.15) is 5.26 Å². The van der Waals surface area contributed by atoms with Gasteiger partial charge in [0.1, 0.15) is 6.07 Å². The SMILES string of the molecule is CC1(C)CC1Nc1c(C#N)cnc2ccccc12. The van der Waals surface area contributed by atoms with Gasteiger partial charge in [-0.15, -0.1) is 0 Å². The fourth-order valence-electron chi connectivity index (χ4n) is 2.27. The van der Waals surface area contributed by atoms with E-state index in [1.165, 1.54) is 0 Å². The number of hydrogen-bond acceptors (Lipinski definition) is 3. The molecule has 1 saturated carbocycles. The molecule has 90 valence electrons. The summed E-state index contributed by atoms with van der Waals surface area (Å²) in [4.78, 5) is 4.31. The van der Waals surface area contributed by atoms with Gasteiger partial charge in [-0.25, -0.2) is 0 Å². The quantitative estimate of drug-likeness (QED) is 0.871. The summed E-state index contributed by atoms with van der Waals surface area (Å²) in [5.41, 5.74) is 2.81. The van der Waals surface area contributed by atoms with Gasteiger partial charge in [-0.05, 0) is 17.9 Å². The van der Waals surface area contributed by atoms with Gasteiger partial charge in [0.25, 0.3) is 0 Å². The fourth-order valence-corrected chi connectivity index (χ4v) is 2.27. The number of nitriles is 1. The first-order chi connectivity index (χ1) is 8.62. The molecule has 0 radical (unpaired) electrons. The van der Waals surface area contributed by atoms with Crippen molar-refractivity contribution in [2.24, 2.45) is 5.41 Å². The van der Waals surface area contributed by atoms with Crippen LogP contribution in [0, 0.1) is 16.7 Å². The Morgan fingerprint density at radius 1 is 1.39 bits per heavy atom. The van der Waals surface area contributed by atoms with Gasteiger partial charge in [0.2, 0.25) is 0 Å². The summed E-state index contributed by atoms with van der Waals surface area (Å²) in [5.74, 6) is 0. The Morgan fingerprint density at radius 3 is 2.78 bits per heavy atom. The van der Waals surface area contributed by atoms with Crippen molar-refractivity contribution >= 4 is 16.6 Å². The Morgan fingerprint density at radius 2 is 2.11 bits per heavy atom. The zero-order valence-electron chi connectivity index (χ0n) is 10.6. The van der Waals surface area contributed by atoms with Crippen LogP contribution in [0.2, 0.25) is 0 Å². The molecule has 1 atom stereocenters. The first-order valence-corrected chi connectivity index (χ1v) is 6.16. The Balaban J connectivity index is 2.10. The fraction of sp³-hybridized carbons (Fsp3) is 0.333. The maximum atomic E-state index is 9.21. The normalized spacial score (nSPS) is 20.4. The van der Waals surface area contributed by atoms with E-state index in [1.807, 2.05) is 24.3 Å². The number of pyridine rings is 1. The van der Waals surface area contributed by atoms with Crippen molar-refractivity contribution in [2.45, 2.75) is 26.3 Å². The van der Waals surface area contributed by atoms with Crippen molar-refractivity contribution in [3.63, 3.8) is 0 Å². The van der Waals surface area contributed by atoms with E-state index in [-0.39, 0.29) is 0 Å². The lowest BCUT2D eigenvalue weighted by Gasteiger charge is -2.12. The molecule has 3 nitrogen and oxygen atoms in total. The van der Waals surface area contributed by atoms with E-state index in [4.69, 9.17) is 0 Å². The molecule has 1 N–H and O–H groups in total. The van der Waals surface area contributed by atoms with E-state index in [1.54, 1.807) is 6.20 Å². The number of aromatic nitrogens is 1. The largest absolute Gasteiger partial charge is 0.380 e. The number of fused-ring (bicyclic) bond motifs is 1. The second kappa shape index (κ2) is 3.71. The maximum absolute atomic E-state index is 9.21. The van der Waals surface area contributed by atoms with E-state index < -0.39 is 0 Å². The summed E-state index contributed by atoms with van der Waals surface area (Å²) < 4.78 is 0. The smallest absolute Gasteiger partial charge is 0.103 e. The highest BCUT2D eigenvalue weighted by molar-refractivity contribution is 5.94. The number of hydrogen-bond donors (Lipinski definition) is 1. The van der Waals surface area contributed by atoms with Crippen molar-refractivity contribution in [1.82, 2.24) is 4.98 Å². The van der Waals surface area contributed by atoms with Crippen molar-refractivity contribution in [3.05, 3.63) is 36.0 Å². The first-order valence-electron chi connectivity index (χ1n) is 6.16. The highest BCUT2D eigenvalue weighted by Crippen LogP contribution is 2.47. The van der Waals surface area contributed by atoms with Crippen LogP contribution in [0.25, 0.3) is 10.9 Å². The average molecular weight is 237 g/mol. The van der Waals surface area contributed by atoms with Crippen LogP contribution >= 0.6 is 0 Å². The molecular weight excluding hydrogens is 222 g/mol. The summed E-state index contributed by atoms with van der Waals surface area (Å²) in [6, 6.07) is 10.6. The van der Waals surface area contributed by atoms with E-state index in [0.717, 1.165) is 23.0 Å². The molecule has 1 aliphatic rings. The van der Waals surface area contributed by atoms with Gasteiger partial charge in [0, 0.05) is 17.6 Å². The minimum atomic E-state index is 0.330. The van der Waals surface area contributed by atoms with Gasteiger partial charge in [0.05, 0.1) is 16.8 Å². The number of nitrogens with zero attached hydrogens (tertiary/aromatic N) is 2. The van der Waals surface area contributed by atoms with Crippen LogP contribution in [0.5, 0.6) is 0 Å². The number of benzene rings is 1. The van der Waals surface area contributed by atoms with Crippen molar-refractivity contribution < 1.29 is 0 Å². The molecule has 1 fully saturated rings. The summed E-state index contributed by atoms with van der Waals surface area (Å²) in [6.07, 6.45) is 2.80. The number of nitrogens with one attached hydrogen (secondary N) is 1. The Labute approximate surface area is 106 Å². The summed E-state index contributed by atoms with van der Waals surface area (Å²) in [7, 11) is 0. The predicted octanol–water partition coefficient (Wildman–Crippen LogP) is 3.32. The van der Waals surface area contributed by atoms with Gasteiger partial charge in [-0.3, -0.25) is 4.98 Å². The molecule has 18 heavy (non-hydrogen) atoms. The van der Waals surface area contributed by atoms with Crippen molar-refractivity contribution in [1.29, 1.82) is 5.26 Å². The highest BCUT2D eigenvalue weighted by atomic mass is 15.0. The topological polar surface area (TPSA) is 48.7 Å². The second-order valence-electron chi connectivity index (χ2n) is 5.57. The van der Waals surface area contributed by atoms with Gasteiger partial charge in [0.15, 0.2) is 0 Å². The third-order valence-corrected chi connectivity index (χ3v) is 3.73. The van der Waals surface area contributed by atoms with Gasteiger partial charge in [-0.1, -0.05) is 32.0 Å². The minimum absolute atomic E-state index is 0.330. The lowest BCUT2D eigenvalue weighted by molar-refractivity contribution is 0.631. The lowest BCUT2D eigenvalue weighted by atomic mass is 10.1. The predicted molar refractivity (Wildman–Crippen MR) is 72.3 cm³/mol. The first kappa shape index (κ1) is 11.0. The molecule has 0 amide bonds. The molecule has 0 spiro atoms. The summed E-state index contributed by atoms with van der Waals surface area (Å²) in [6.45, 7) is 4.47. The van der Waals surface area contributed by atoms with Crippen LogP contribution < -0.4 is 5.32 Å². The summed E-state index contributed by atoms with van der Waals surface area (Å²) >= 11 is 0.